The first kappa shape index (κ1) is 16.4. The van der Waals surface area contributed by atoms with Crippen molar-refractivity contribution in [2.24, 2.45) is 0 Å². The lowest BCUT2D eigenvalue weighted by Gasteiger charge is -2.19. The fourth-order valence-corrected chi connectivity index (χ4v) is 3.32. The molecule has 1 aliphatic heterocycles. The Morgan fingerprint density at radius 1 is 1.19 bits per heavy atom. The molecular formula is C18H15NO7. The molecule has 8 heteroatoms. The predicted octanol–water partition coefficient (Wildman–Crippen LogP) is 1.92. The molecule has 4 rings (SSSR count). The number of esters is 1. The summed E-state index contributed by atoms with van der Waals surface area (Å²) in [4.78, 5) is 12.3. The van der Waals surface area contributed by atoms with E-state index < -0.39 is 11.2 Å². The van der Waals surface area contributed by atoms with Crippen molar-refractivity contribution in [3.63, 3.8) is 0 Å². The number of quaternary nitrogens is 1. The van der Waals surface area contributed by atoms with Crippen LogP contribution in [0.25, 0.3) is 21.5 Å². The number of benzene rings is 3. The van der Waals surface area contributed by atoms with Crippen LogP contribution in [0.4, 0.5) is 5.69 Å². The van der Waals surface area contributed by atoms with Crippen molar-refractivity contribution in [3.8, 4) is 17.2 Å². The lowest BCUT2D eigenvalue weighted by molar-refractivity contribution is -0.990. The van der Waals surface area contributed by atoms with Crippen LogP contribution in [0.1, 0.15) is 10.4 Å². The summed E-state index contributed by atoms with van der Waals surface area (Å²) in [5.74, 6) is 0.625. The third kappa shape index (κ3) is 2.24. The number of carbonyl (C=O) groups is 1. The smallest absolute Gasteiger partial charge is 0.338 e. The lowest BCUT2D eigenvalue weighted by atomic mass is 9.95. The molecule has 0 aromatic heterocycles. The highest BCUT2D eigenvalue weighted by atomic mass is 16.8. The van der Waals surface area contributed by atoms with Crippen LogP contribution >= 0.6 is 0 Å². The van der Waals surface area contributed by atoms with Gasteiger partial charge in [-0.2, -0.15) is 5.23 Å². The van der Waals surface area contributed by atoms with Gasteiger partial charge in [0.25, 0.3) is 0 Å². The molecule has 8 nitrogen and oxygen atoms in total. The van der Waals surface area contributed by atoms with E-state index in [-0.39, 0.29) is 23.4 Å². The Labute approximate surface area is 147 Å². The van der Waals surface area contributed by atoms with Gasteiger partial charge in [-0.15, -0.1) is 0 Å². The first-order valence-electron chi connectivity index (χ1n) is 7.74. The highest BCUT2D eigenvalue weighted by Gasteiger charge is 2.29. The molecule has 3 aromatic rings. The summed E-state index contributed by atoms with van der Waals surface area (Å²) >= 11 is 0. The summed E-state index contributed by atoms with van der Waals surface area (Å²) in [7, 11) is 2.75. The van der Waals surface area contributed by atoms with Crippen LogP contribution in [-0.4, -0.2) is 32.2 Å². The van der Waals surface area contributed by atoms with Gasteiger partial charge in [-0.1, -0.05) is 12.1 Å². The van der Waals surface area contributed by atoms with Gasteiger partial charge in [0, 0.05) is 16.8 Å². The summed E-state index contributed by atoms with van der Waals surface area (Å²) in [6, 6.07) is 8.28. The van der Waals surface area contributed by atoms with Crippen molar-refractivity contribution >= 4 is 33.2 Å². The van der Waals surface area contributed by atoms with Crippen LogP contribution in [0.2, 0.25) is 0 Å². The van der Waals surface area contributed by atoms with Gasteiger partial charge in [-0.05, 0) is 17.5 Å². The van der Waals surface area contributed by atoms with Crippen molar-refractivity contribution in [3.05, 3.63) is 41.1 Å². The second kappa shape index (κ2) is 6.03. The molecule has 134 valence electrons. The maximum atomic E-state index is 12.3. The number of fused-ring (bicyclic) bond motifs is 5. The van der Waals surface area contributed by atoms with E-state index in [0.717, 1.165) is 0 Å². The second-order valence-electron chi connectivity index (χ2n) is 5.68. The molecule has 0 amide bonds. The summed E-state index contributed by atoms with van der Waals surface area (Å²) < 4.78 is 21.2. The van der Waals surface area contributed by atoms with E-state index in [0.29, 0.717) is 33.4 Å². The Morgan fingerprint density at radius 3 is 2.69 bits per heavy atom. The minimum atomic E-state index is -1.17. The quantitative estimate of drug-likeness (QED) is 0.419. The van der Waals surface area contributed by atoms with E-state index in [1.54, 1.807) is 12.1 Å². The fraction of sp³-hybridized carbons (Fsp3) is 0.167. The number of hydrogen-bond donors (Lipinski definition) is 2. The molecule has 1 atom stereocenters. The molecule has 26 heavy (non-hydrogen) atoms. The normalized spacial score (nSPS) is 13.8. The fourth-order valence-electron chi connectivity index (χ4n) is 3.32. The number of hydrogen-bond acceptors (Lipinski definition) is 7. The molecule has 1 aliphatic rings. The largest absolute Gasteiger partial charge is 0.595 e. The Morgan fingerprint density at radius 2 is 2.00 bits per heavy atom. The summed E-state index contributed by atoms with van der Waals surface area (Å²) in [5, 5.41) is 22.6. The molecule has 0 bridgehead atoms. The number of carbonyl (C=O) groups excluding carboxylic acids is 1. The van der Waals surface area contributed by atoms with Crippen LogP contribution in [-0.2, 0) is 4.74 Å². The van der Waals surface area contributed by atoms with Gasteiger partial charge in [0.05, 0.1) is 25.2 Å². The molecule has 0 spiro atoms. The molecule has 1 unspecified atom stereocenters. The van der Waals surface area contributed by atoms with Crippen molar-refractivity contribution in [2.45, 2.75) is 0 Å². The maximum Gasteiger partial charge on any atom is 0.338 e. The van der Waals surface area contributed by atoms with Gasteiger partial charge in [0.1, 0.15) is 5.75 Å². The van der Waals surface area contributed by atoms with E-state index in [9.17, 15) is 15.2 Å². The average molecular weight is 357 g/mol. The maximum absolute atomic E-state index is 12.3. The van der Waals surface area contributed by atoms with Gasteiger partial charge in [-0.3, -0.25) is 0 Å². The lowest BCUT2D eigenvalue weighted by Crippen LogP contribution is -2.99. The molecule has 0 saturated carbocycles. The SMILES string of the molecule is COC(=O)c1cc2c(c3c1c([NH+]([O-])O)cc1c(OC)cccc13)OCO2. The third-order valence-corrected chi connectivity index (χ3v) is 4.41. The second-order valence-corrected chi connectivity index (χ2v) is 5.68. The number of ether oxygens (including phenoxy) is 4. The first-order chi connectivity index (χ1) is 12.6. The van der Waals surface area contributed by atoms with E-state index in [1.165, 1.54) is 26.4 Å². The van der Waals surface area contributed by atoms with Gasteiger partial charge in [0.15, 0.2) is 17.2 Å². The van der Waals surface area contributed by atoms with Crippen LogP contribution in [0.3, 0.4) is 0 Å². The van der Waals surface area contributed by atoms with Crippen molar-refractivity contribution < 1.29 is 34.2 Å². The zero-order valence-electron chi connectivity index (χ0n) is 14.0. The van der Waals surface area contributed by atoms with E-state index in [4.69, 9.17) is 18.9 Å². The van der Waals surface area contributed by atoms with Crippen LogP contribution in [0, 0.1) is 5.21 Å². The predicted molar refractivity (Wildman–Crippen MR) is 91.2 cm³/mol. The van der Waals surface area contributed by atoms with E-state index in [1.807, 2.05) is 6.07 Å². The van der Waals surface area contributed by atoms with Gasteiger partial charge in [-0.25, -0.2) is 10.0 Å². The van der Waals surface area contributed by atoms with Crippen molar-refractivity contribution in [1.82, 2.24) is 0 Å². The third-order valence-electron chi connectivity index (χ3n) is 4.41. The van der Waals surface area contributed by atoms with E-state index >= 15 is 0 Å². The highest BCUT2D eigenvalue weighted by molar-refractivity contribution is 6.22. The van der Waals surface area contributed by atoms with Crippen molar-refractivity contribution in [2.75, 3.05) is 21.0 Å². The molecule has 0 aliphatic carbocycles. The molecule has 1 heterocycles. The zero-order valence-corrected chi connectivity index (χ0v) is 14.0. The molecular weight excluding hydrogens is 342 g/mol. The van der Waals surface area contributed by atoms with Crippen LogP contribution in [0.5, 0.6) is 17.2 Å². The Balaban J connectivity index is 2.28. The first-order valence-corrected chi connectivity index (χ1v) is 7.74. The van der Waals surface area contributed by atoms with Gasteiger partial charge >= 0.3 is 5.97 Å². The average Bonchev–Trinajstić information content (AvgIpc) is 3.13. The van der Waals surface area contributed by atoms with Gasteiger partial charge in [0.2, 0.25) is 6.79 Å². The number of rotatable bonds is 3. The highest BCUT2D eigenvalue weighted by Crippen LogP contribution is 2.47. The topological polar surface area (TPSA) is 102 Å². The Bertz CT molecular complexity index is 1050. The Kier molecular flexibility index (Phi) is 3.80. The zero-order chi connectivity index (χ0) is 18.4. The molecule has 3 aromatic carbocycles. The number of nitrogens with one attached hydrogen (secondary N) is 1. The minimum Gasteiger partial charge on any atom is -0.595 e. The monoisotopic (exact) mass is 357 g/mol. The summed E-state index contributed by atoms with van der Waals surface area (Å²) in [6.07, 6.45) is 0. The summed E-state index contributed by atoms with van der Waals surface area (Å²) in [5.41, 5.74) is 0.0598. The Hall–Kier alpha value is -3.07. The minimum absolute atomic E-state index is 0.0161. The molecule has 0 radical (unpaired) electrons. The molecule has 2 N–H and O–H groups in total. The standard InChI is InChI=1S/C18H15NO7/c1-23-13-5-3-4-9-10(13)6-12(19(21)22)15-11(18(20)24-2)7-14-17(16(9)15)26-8-25-14/h3-7,19,21H,8H2,1-2H3. The van der Waals surface area contributed by atoms with Crippen LogP contribution < -0.4 is 19.4 Å². The molecule has 0 fully saturated rings. The summed E-state index contributed by atoms with van der Waals surface area (Å²) in [6.45, 7) is -0.0161. The van der Waals surface area contributed by atoms with Crippen LogP contribution in [0.15, 0.2) is 30.3 Å². The molecule has 0 saturated heterocycles. The van der Waals surface area contributed by atoms with Gasteiger partial charge < -0.3 is 24.2 Å². The number of methoxy groups -OCH3 is 2. The van der Waals surface area contributed by atoms with Crippen molar-refractivity contribution in [1.29, 1.82) is 0 Å². The van der Waals surface area contributed by atoms with E-state index in [2.05, 4.69) is 0 Å².